The Labute approximate surface area is 128 Å². The van der Waals surface area contributed by atoms with Crippen molar-refractivity contribution in [3.63, 3.8) is 0 Å². The number of carbonyl (C=O) groups is 1. The summed E-state index contributed by atoms with van der Waals surface area (Å²) in [7, 11) is 0. The highest BCUT2D eigenvalue weighted by atomic mass is 16.5. The zero-order valence-corrected chi connectivity index (χ0v) is 12.4. The van der Waals surface area contributed by atoms with E-state index in [1.165, 1.54) is 0 Å². The third-order valence-corrected chi connectivity index (χ3v) is 3.45. The van der Waals surface area contributed by atoms with Crippen molar-refractivity contribution in [2.75, 3.05) is 4.90 Å². The van der Waals surface area contributed by atoms with Gasteiger partial charge in [0.1, 0.15) is 17.1 Å². The van der Waals surface area contributed by atoms with E-state index >= 15 is 0 Å². The topological polar surface area (TPSA) is 59.5 Å². The van der Waals surface area contributed by atoms with Crippen molar-refractivity contribution in [1.29, 1.82) is 0 Å². The van der Waals surface area contributed by atoms with Gasteiger partial charge in [0, 0.05) is 5.69 Å². The highest BCUT2D eigenvalue weighted by Gasteiger charge is 2.25. The van der Waals surface area contributed by atoms with E-state index in [0.717, 1.165) is 5.69 Å². The monoisotopic (exact) mass is 296 g/mol. The molecule has 0 aliphatic rings. The summed E-state index contributed by atoms with van der Waals surface area (Å²) in [6.07, 6.45) is 1.60. The molecule has 0 bridgehead atoms. The fraction of sp³-hybridized carbons (Fsp3) is 0.176. The molecule has 0 N–H and O–H groups in total. The van der Waals surface area contributed by atoms with E-state index in [2.05, 4.69) is 5.16 Å². The zero-order chi connectivity index (χ0) is 15.5. The van der Waals surface area contributed by atoms with Crippen LogP contribution in [0.25, 0.3) is 0 Å². The minimum Gasteiger partial charge on any atom is -0.467 e. The molecule has 0 spiro atoms. The Balaban J connectivity index is 2.00. The normalized spacial score (nSPS) is 10.6. The fourth-order valence-corrected chi connectivity index (χ4v) is 2.37. The Bertz CT molecular complexity index is 741. The maximum absolute atomic E-state index is 13.0. The lowest BCUT2D eigenvalue weighted by molar-refractivity contribution is 0.0981. The third kappa shape index (κ3) is 2.65. The Morgan fingerprint density at radius 2 is 1.91 bits per heavy atom. The average molecular weight is 296 g/mol. The number of benzene rings is 1. The molecule has 1 amide bonds. The first kappa shape index (κ1) is 14.1. The molecule has 0 unspecified atom stereocenters. The fourth-order valence-electron chi connectivity index (χ4n) is 2.37. The lowest BCUT2D eigenvalue weighted by Crippen LogP contribution is -2.31. The first-order valence-electron chi connectivity index (χ1n) is 6.99. The molecule has 0 saturated heterocycles. The van der Waals surface area contributed by atoms with Crippen molar-refractivity contribution in [3.8, 4) is 0 Å². The maximum atomic E-state index is 13.0. The van der Waals surface area contributed by atoms with Crippen molar-refractivity contribution in [2.45, 2.75) is 20.4 Å². The number of rotatable bonds is 4. The van der Waals surface area contributed by atoms with E-state index in [1.807, 2.05) is 36.4 Å². The van der Waals surface area contributed by atoms with Gasteiger partial charge in [0.25, 0.3) is 5.91 Å². The quantitative estimate of drug-likeness (QED) is 0.736. The van der Waals surface area contributed by atoms with E-state index in [1.54, 1.807) is 31.1 Å². The zero-order valence-electron chi connectivity index (χ0n) is 12.4. The average Bonchev–Trinajstić information content (AvgIpc) is 3.15. The first-order chi connectivity index (χ1) is 10.7. The molecule has 1 aromatic carbocycles. The van der Waals surface area contributed by atoms with Gasteiger partial charge in [0.2, 0.25) is 0 Å². The van der Waals surface area contributed by atoms with Crippen LogP contribution in [0.4, 0.5) is 5.69 Å². The van der Waals surface area contributed by atoms with Crippen LogP contribution in [0.2, 0.25) is 0 Å². The molecule has 0 aliphatic heterocycles. The van der Waals surface area contributed by atoms with Gasteiger partial charge in [-0.15, -0.1) is 0 Å². The minimum absolute atomic E-state index is 0.154. The van der Waals surface area contributed by atoms with Gasteiger partial charge in [-0.1, -0.05) is 23.4 Å². The number of furan rings is 1. The summed E-state index contributed by atoms with van der Waals surface area (Å²) in [4.78, 5) is 14.6. The van der Waals surface area contributed by atoms with Crippen molar-refractivity contribution in [3.05, 3.63) is 71.5 Å². The van der Waals surface area contributed by atoms with E-state index in [9.17, 15) is 4.79 Å². The van der Waals surface area contributed by atoms with Gasteiger partial charge in [-0.3, -0.25) is 4.79 Å². The standard InChI is InChI=1S/C17H16N2O3/c1-12-16(13(2)22-18-12)17(20)19(11-15-9-6-10-21-15)14-7-4-3-5-8-14/h3-10H,11H2,1-2H3. The van der Waals surface area contributed by atoms with Crippen molar-refractivity contribution in [1.82, 2.24) is 5.16 Å². The summed E-state index contributed by atoms with van der Waals surface area (Å²) < 4.78 is 10.5. The Kier molecular flexibility index (Phi) is 3.78. The molecule has 0 atom stereocenters. The predicted molar refractivity (Wildman–Crippen MR) is 81.6 cm³/mol. The van der Waals surface area contributed by atoms with Crippen molar-refractivity contribution in [2.24, 2.45) is 0 Å². The smallest absolute Gasteiger partial charge is 0.264 e. The number of hydrogen-bond acceptors (Lipinski definition) is 4. The lowest BCUT2D eigenvalue weighted by atomic mass is 10.1. The highest BCUT2D eigenvalue weighted by molar-refractivity contribution is 6.07. The van der Waals surface area contributed by atoms with Crippen LogP contribution in [0.3, 0.4) is 0 Å². The van der Waals surface area contributed by atoms with Gasteiger partial charge in [-0.25, -0.2) is 0 Å². The predicted octanol–water partition coefficient (Wildman–Crippen LogP) is 3.73. The van der Waals surface area contributed by atoms with Crippen LogP contribution in [0.15, 0.2) is 57.7 Å². The maximum Gasteiger partial charge on any atom is 0.264 e. The Morgan fingerprint density at radius 1 is 1.14 bits per heavy atom. The second-order valence-electron chi connectivity index (χ2n) is 5.01. The molecule has 0 fully saturated rings. The number of anilines is 1. The van der Waals surface area contributed by atoms with Gasteiger partial charge in [-0.05, 0) is 38.1 Å². The molecule has 22 heavy (non-hydrogen) atoms. The summed E-state index contributed by atoms with van der Waals surface area (Å²) in [5, 5.41) is 3.86. The number of aromatic nitrogens is 1. The molecular formula is C17H16N2O3. The summed E-state index contributed by atoms with van der Waals surface area (Å²) in [6.45, 7) is 3.85. The van der Waals surface area contributed by atoms with E-state index in [0.29, 0.717) is 29.3 Å². The lowest BCUT2D eigenvalue weighted by Gasteiger charge is -2.21. The van der Waals surface area contributed by atoms with Crippen LogP contribution in [0.5, 0.6) is 0 Å². The van der Waals surface area contributed by atoms with Gasteiger partial charge in [-0.2, -0.15) is 0 Å². The molecule has 5 heteroatoms. The number of aryl methyl sites for hydroxylation is 2. The molecule has 2 aromatic heterocycles. The van der Waals surface area contributed by atoms with Crippen LogP contribution >= 0.6 is 0 Å². The summed E-state index contributed by atoms with van der Waals surface area (Å²) in [6, 6.07) is 13.1. The van der Waals surface area contributed by atoms with E-state index in [-0.39, 0.29) is 5.91 Å². The van der Waals surface area contributed by atoms with Crippen LogP contribution in [-0.2, 0) is 6.54 Å². The van der Waals surface area contributed by atoms with E-state index in [4.69, 9.17) is 8.94 Å². The largest absolute Gasteiger partial charge is 0.467 e. The molecule has 3 aromatic rings. The Hall–Kier alpha value is -2.82. The van der Waals surface area contributed by atoms with Crippen molar-refractivity contribution >= 4 is 11.6 Å². The SMILES string of the molecule is Cc1noc(C)c1C(=O)N(Cc1ccco1)c1ccccc1. The molecule has 5 nitrogen and oxygen atoms in total. The van der Waals surface area contributed by atoms with Crippen LogP contribution in [0.1, 0.15) is 27.6 Å². The molecule has 0 radical (unpaired) electrons. The number of para-hydroxylation sites is 1. The summed E-state index contributed by atoms with van der Waals surface area (Å²) in [5.41, 5.74) is 1.88. The Morgan fingerprint density at radius 3 is 2.50 bits per heavy atom. The molecule has 0 aliphatic carbocycles. The number of nitrogens with zero attached hydrogens (tertiary/aromatic N) is 2. The van der Waals surface area contributed by atoms with Gasteiger partial charge < -0.3 is 13.8 Å². The van der Waals surface area contributed by atoms with Crippen LogP contribution in [-0.4, -0.2) is 11.1 Å². The number of amides is 1. The second-order valence-corrected chi connectivity index (χ2v) is 5.01. The van der Waals surface area contributed by atoms with Gasteiger partial charge in [0.05, 0.1) is 18.5 Å². The van der Waals surface area contributed by atoms with Crippen molar-refractivity contribution < 1.29 is 13.7 Å². The number of hydrogen-bond donors (Lipinski definition) is 0. The van der Waals surface area contributed by atoms with Crippen LogP contribution < -0.4 is 4.90 Å². The van der Waals surface area contributed by atoms with E-state index < -0.39 is 0 Å². The second kappa shape index (κ2) is 5.89. The molecular weight excluding hydrogens is 280 g/mol. The molecule has 0 saturated carbocycles. The summed E-state index contributed by atoms with van der Waals surface area (Å²) >= 11 is 0. The van der Waals surface area contributed by atoms with Gasteiger partial charge in [0.15, 0.2) is 0 Å². The molecule has 3 rings (SSSR count). The van der Waals surface area contributed by atoms with Gasteiger partial charge >= 0.3 is 0 Å². The molecule has 2 heterocycles. The minimum atomic E-state index is -0.154. The first-order valence-corrected chi connectivity index (χ1v) is 6.99. The highest BCUT2D eigenvalue weighted by Crippen LogP contribution is 2.23. The summed E-state index contributed by atoms with van der Waals surface area (Å²) in [5.74, 6) is 1.07. The number of carbonyl (C=O) groups excluding carboxylic acids is 1. The molecule has 112 valence electrons. The third-order valence-electron chi connectivity index (χ3n) is 3.45. The van der Waals surface area contributed by atoms with Crippen LogP contribution in [0, 0.1) is 13.8 Å².